The van der Waals surface area contributed by atoms with Crippen molar-refractivity contribution < 1.29 is 9.59 Å². The molecule has 0 bridgehead atoms. The molecule has 2 N–H and O–H groups in total. The summed E-state index contributed by atoms with van der Waals surface area (Å²) in [5.74, 6) is -0.726. The van der Waals surface area contributed by atoms with E-state index >= 15 is 0 Å². The molecule has 0 radical (unpaired) electrons. The molecule has 5 nitrogen and oxygen atoms in total. The van der Waals surface area contributed by atoms with E-state index in [1.807, 2.05) is 30.3 Å². The van der Waals surface area contributed by atoms with Gasteiger partial charge in [0.05, 0.1) is 17.9 Å². The summed E-state index contributed by atoms with van der Waals surface area (Å²) in [5.41, 5.74) is 0.162. The summed E-state index contributed by atoms with van der Waals surface area (Å²) in [4.78, 5) is 28.9. The van der Waals surface area contributed by atoms with Crippen LogP contribution in [0, 0.1) is 5.41 Å². The third-order valence-corrected chi connectivity index (χ3v) is 4.11. The molecule has 0 unspecified atom stereocenters. The summed E-state index contributed by atoms with van der Waals surface area (Å²) >= 11 is 3.37. The van der Waals surface area contributed by atoms with Crippen LogP contribution < -0.4 is 10.6 Å². The lowest BCUT2D eigenvalue weighted by atomic mass is 9.91. The lowest BCUT2D eigenvalue weighted by molar-refractivity contribution is -0.138. The molecule has 1 aromatic heterocycles. The number of anilines is 1. The fourth-order valence-electron chi connectivity index (χ4n) is 1.84. The van der Waals surface area contributed by atoms with Crippen LogP contribution in [0.5, 0.6) is 0 Å². The number of carbonyl (C=O) groups excluding carboxylic acids is 2. The Labute approximate surface area is 143 Å². The summed E-state index contributed by atoms with van der Waals surface area (Å²) in [7, 11) is 0. The molecule has 0 aliphatic carbocycles. The van der Waals surface area contributed by atoms with Crippen LogP contribution in [0.25, 0.3) is 0 Å². The smallest absolute Gasteiger partial charge is 0.239 e. The first kappa shape index (κ1) is 17.1. The van der Waals surface area contributed by atoms with Gasteiger partial charge in [-0.25, -0.2) is 0 Å². The second-order valence-electron chi connectivity index (χ2n) is 5.56. The highest BCUT2D eigenvalue weighted by atomic mass is 79.9. The minimum Gasteiger partial charge on any atom is -0.350 e. The maximum absolute atomic E-state index is 12.4. The zero-order valence-corrected chi connectivity index (χ0v) is 14.6. The van der Waals surface area contributed by atoms with Gasteiger partial charge in [0.15, 0.2) is 0 Å². The van der Waals surface area contributed by atoms with E-state index in [9.17, 15) is 9.59 Å². The van der Waals surface area contributed by atoms with Crippen LogP contribution in [0.15, 0.2) is 53.1 Å². The fourth-order valence-corrected chi connectivity index (χ4v) is 2.22. The first-order chi connectivity index (χ1) is 10.9. The SMILES string of the molecule is CC(C)(C(=O)NCc1ccccn1)C(=O)Nc1ccccc1Br. The number of hydrogen-bond acceptors (Lipinski definition) is 3. The lowest BCUT2D eigenvalue weighted by Crippen LogP contribution is -2.45. The number of nitrogens with one attached hydrogen (secondary N) is 2. The van der Waals surface area contributed by atoms with Gasteiger partial charge in [-0.15, -0.1) is 0 Å². The van der Waals surface area contributed by atoms with Crippen molar-refractivity contribution in [2.45, 2.75) is 20.4 Å². The maximum atomic E-state index is 12.4. The summed E-state index contributed by atoms with van der Waals surface area (Å²) in [6.07, 6.45) is 1.66. The van der Waals surface area contributed by atoms with E-state index in [1.165, 1.54) is 0 Å². The van der Waals surface area contributed by atoms with Crippen molar-refractivity contribution in [2.75, 3.05) is 5.32 Å². The minimum atomic E-state index is -1.20. The standard InChI is InChI=1S/C17H18BrN3O2/c1-17(2,15(22)20-11-12-7-5-6-10-19-12)16(23)21-14-9-4-3-8-13(14)18/h3-10H,11H2,1-2H3,(H,20,22)(H,21,23). The van der Waals surface area contributed by atoms with Crippen LogP contribution in [-0.4, -0.2) is 16.8 Å². The maximum Gasteiger partial charge on any atom is 0.239 e. The number of pyridine rings is 1. The first-order valence-electron chi connectivity index (χ1n) is 7.15. The van der Waals surface area contributed by atoms with Crippen LogP contribution in [0.4, 0.5) is 5.69 Å². The highest BCUT2D eigenvalue weighted by Gasteiger charge is 2.36. The molecule has 0 saturated heterocycles. The van der Waals surface area contributed by atoms with Crippen LogP contribution in [0.2, 0.25) is 0 Å². The van der Waals surface area contributed by atoms with Crippen molar-refractivity contribution in [2.24, 2.45) is 5.41 Å². The molecule has 23 heavy (non-hydrogen) atoms. The second-order valence-corrected chi connectivity index (χ2v) is 6.42. The molecule has 0 spiro atoms. The molecule has 2 aromatic rings. The molecule has 0 saturated carbocycles. The Bertz CT molecular complexity index is 702. The van der Waals surface area contributed by atoms with Gasteiger partial charge in [0.2, 0.25) is 11.8 Å². The van der Waals surface area contributed by atoms with Crippen LogP contribution >= 0.6 is 15.9 Å². The molecule has 2 rings (SSSR count). The summed E-state index contributed by atoms with van der Waals surface area (Å²) in [6.45, 7) is 3.46. The van der Waals surface area contributed by atoms with E-state index in [-0.39, 0.29) is 18.4 Å². The van der Waals surface area contributed by atoms with E-state index in [0.29, 0.717) is 5.69 Å². The van der Waals surface area contributed by atoms with E-state index in [0.717, 1.165) is 10.2 Å². The lowest BCUT2D eigenvalue weighted by Gasteiger charge is -2.23. The molecule has 1 aromatic carbocycles. The van der Waals surface area contributed by atoms with Crippen molar-refractivity contribution in [3.05, 3.63) is 58.8 Å². The number of para-hydroxylation sites is 1. The van der Waals surface area contributed by atoms with Crippen molar-refractivity contribution in [1.29, 1.82) is 0 Å². The molecule has 120 valence electrons. The average molecular weight is 376 g/mol. The van der Waals surface area contributed by atoms with Gasteiger partial charge in [-0.3, -0.25) is 14.6 Å². The van der Waals surface area contributed by atoms with Crippen LogP contribution in [-0.2, 0) is 16.1 Å². The largest absolute Gasteiger partial charge is 0.350 e. The highest BCUT2D eigenvalue weighted by molar-refractivity contribution is 9.10. The number of halogens is 1. The Morgan fingerprint density at radius 3 is 2.43 bits per heavy atom. The van der Waals surface area contributed by atoms with Crippen molar-refractivity contribution >= 4 is 33.4 Å². The van der Waals surface area contributed by atoms with Gasteiger partial charge in [-0.1, -0.05) is 18.2 Å². The molecule has 0 aliphatic heterocycles. The summed E-state index contributed by atoms with van der Waals surface area (Å²) in [6, 6.07) is 12.7. The van der Waals surface area contributed by atoms with Gasteiger partial charge >= 0.3 is 0 Å². The molecular weight excluding hydrogens is 358 g/mol. The van der Waals surface area contributed by atoms with Crippen LogP contribution in [0.1, 0.15) is 19.5 Å². The minimum absolute atomic E-state index is 0.283. The number of rotatable bonds is 5. The quantitative estimate of drug-likeness (QED) is 0.788. The second kappa shape index (κ2) is 7.37. The normalized spacial score (nSPS) is 10.9. The van der Waals surface area contributed by atoms with Gasteiger partial charge in [-0.05, 0) is 54.0 Å². The highest BCUT2D eigenvalue weighted by Crippen LogP contribution is 2.24. The Morgan fingerprint density at radius 1 is 1.09 bits per heavy atom. The van der Waals surface area contributed by atoms with E-state index in [1.54, 1.807) is 32.2 Å². The number of amides is 2. The van der Waals surface area contributed by atoms with Gasteiger partial charge < -0.3 is 10.6 Å². The number of nitrogens with zero attached hydrogens (tertiary/aromatic N) is 1. The zero-order chi connectivity index (χ0) is 16.9. The Hall–Kier alpha value is -2.21. The van der Waals surface area contributed by atoms with Crippen molar-refractivity contribution in [1.82, 2.24) is 10.3 Å². The third kappa shape index (κ3) is 4.39. The van der Waals surface area contributed by atoms with Crippen molar-refractivity contribution in [3.8, 4) is 0 Å². The van der Waals surface area contributed by atoms with Gasteiger partial charge in [0.1, 0.15) is 5.41 Å². The topological polar surface area (TPSA) is 71.1 Å². The number of hydrogen-bond donors (Lipinski definition) is 2. The molecule has 0 atom stereocenters. The predicted molar refractivity (Wildman–Crippen MR) is 92.6 cm³/mol. The van der Waals surface area contributed by atoms with E-state index in [4.69, 9.17) is 0 Å². The molecule has 6 heteroatoms. The number of aromatic nitrogens is 1. The van der Waals surface area contributed by atoms with Gasteiger partial charge in [0, 0.05) is 10.7 Å². The number of benzene rings is 1. The molecule has 0 aliphatic rings. The van der Waals surface area contributed by atoms with E-state index < -0.39 is 5.41 Å². The number of carbonyl (C=O) groups is 2. The molecular formula is C17H18BrN3O2. The fraction of sp³-hybridized carbons (Fsp3) is 0.235. The zero-order valence-electron chi connectivity index (χ0n) is 13.0. The molecule has 0 fully saturated rings. The first-order valence-corrected chi connectivity index (χ1v) is 7.95. The molecule has 1 heterocycles. The Morgan fingerprint density at radius 2 is 1.78 bits per heavy atom. The third-order valence-electron chi connectivity index (χ3n) is 3.41. The molecule has 2 amide bonds. The predicted octanol–water partition coefficient (Wildman–Crippen LogP) is 3.13. The average Bonchev–Trinajstić information content (AvgIpc) is 2.55. The summed E-state index contributed by atoms with van der Waals surface area (Å²) < 4.78 is 0.762. The monoisotopic (exact) mass is 375 g/mol. The van der Waals surface area contributed by atoms with E-state index in [2.05, 4.69) is 31.5 Å². The van der Waals surface area contributed by atoms with Gasteiger partial charge in [0.25, 0.3) is 0 Å². The Kier molecular flexibility index (Phi) is 5.50. The van der Waals surface area contributed by atoms with Gasteiger partial charge in [-0.2, -0.15) is 0 Å². The Balaban J connectivity index is 2.00. The van der Waals surface area contributed by atoms with Crippen molar-refractivity contribution in [3.63, 3.8) is 0 Å². The summed E-state index contributed by atoms with van der Waals surface area (Å²) in [5, 5.41) is 5.51. The van der Waals surface area contributed by atoms with Crippen LogP contribution in [0.3, 0.4) is 0 Å².